The van der Waals surface area contributed by atoms with Crippen LogP contribution in [-0.2, 0) is 9.59 Å². The van der Waals surface area contributed by atoms with Gasteiger partial charge in [0.1, 0.15) is 0 Å². The molecule has 1 aliphatic rings. The number of carbonyl (C=O) groups excluding carboxylic acids is 2. The number of amides is 2. The number of aryl methyl sites for hydroxylation is 2. The van der Waals surface area contributed by atoms with Gasteiger partial charge < -0.3 is 16.0 Å². The van der Waals surface area contributed by atoms with E-state index >= 15 is 0 Å². The van der Waals surface area contributed by atoms with Crippen LogP contribution in [0, 0.1) is 19.3 Å². The minimum atomic E-state index is -0.754. The molecule has 7 nitrogen and oxygen atoms in total. The van der Waals surface area contributed by atoms with E-state index in [0.29, 0.717) is 29.8 Å². The van der Waals surface area contributed by atoms with Gasteiger partial charge in [0.05, 0.1) is 5.41 Å². The molecule has 1 saturated heterocycles. The number of nitrogens with zero attached hydrogens (tertiary/aromatic N) is 2. The molecule has 0 spiro atoms. The van der Waals surface area contributed by atoms with Gasteiger partial charge in [0.2, 0.25) is 11.8 Å². The second kappa shape index (κ2) is 6.96. The normalized spacial score (nSPS) is 20.1. The van der Waals surface area contributed by atoms with Gasteiger partial charge >= 0.3 is 0 Å². The van der Waals surface area contributed by atoms with E-state index in [1.807, 2.05) is 13.8 Å². The van der Waals surface area contributed by atoms with Crippen molar-refractivity contribution in [1.82, 2.24) is 15.3 Å². The number of nitrogens with one attached hydrogen (secondary N) is 3. The van der Waals surface area contributed by atoms with Crippen molar-refractivity contribution in [3.8, 4) is 0 Å². The third-order valence-corrected chi connectivity index (χ3v) is 5.59. The van der Waals surface area contributed by atoms with Crippen molar-refractivity contribution >= 4 is 44.8 Å². The van der Waals surface area contributed by atoms with Crippen LogP contribution >= 0.6 is 22.7 Å². The second-order valence-electron chi connectivity index (χ2n) is 5.94. The average Bonchev–Trinajstić information content (AvgIpc) is 3.23. The van der Waals surface area contributed by atoms with Crippen molar-refractivity contribution in [3.63, 3.8) is 0 Å². The van der Waals surface area contributed by atoms with E-state index in [-0.39, 0.29) is 18.2 Å². The monoisotopic (exact) mass is 365 g/mol. The molecule has 3 heterocycles. The summed E-state index contributed by atoms with van der Waals surface area (Å²) in [7, 11) is 0. The highest BCUT2D eigenvalue weighted by Crippen LogP contribution is 2.32. The summed E-state index contributed by atoms with van der Waals surface area (Å²) in [6.07, 6.45) is 4.17. The van der Waals surface area contributed by atoms with E-state index in [1.54, 1.807) is 12.4 Å². The Morgan fingerprint density at radius 3 is 2.29 bits per heavy atom. The highest BCUT2D eigenvalue weighted by atomic mass is 32.1. The van der Waals surface area contributed by atoms with Crippen molar-refractivity contribution in [2.75, 3.05) is 23.7 Å². The predicted octanol–water partition coefficient (Wildman–Crippen LogP) is 2.16. The Morgan fingerprint density at radius 2 is 1.79 bits per heavy atom. The molecule has 3 N–H and O–H groups in total. The zero-order valence-corrected chi connectivity index (χ0v) is 15.1. The first-order valence-corrected chi connectivity index (χ1v) is 9.27. The number of hydrogen-bond donors (Lipinski definition) is 3. The summed E-state index contributed by atoms with van der Waals surface area (Å²) in [6, 6.07) is 0. The summed E-state index contributed by atoms with van der Waals surface area (Å²) in [5.41, 5.74) is -0.754. The molecule has 1 atom stereocenters. The first kappa shape index (κ1) is 17.0. The lowest BCUT2D eigenvalue weighted by Crippen LogP contribution is -2.41. The third-order valence-electron chi connectivity index (χ3n) is 3.93. The summed E-state index contributed by atoms with van der Waals surface area (Å²) in [6.45, 7) is 5.06. The van der Waals surface area contributed by atoms with Gasteiger partial charge in [-0.25, -0.2) is 9.97 Å². The standard InChI is InChI=1S/C15H19N5O2S2/c1-9-6-17-13(23-9)19-11(21)5-15(3-4-16-8-15)12(22)20-14-18-7-10(2)24-14/h6-7,16H,3-5,8H2,1-2H3,(H,17,19,21)(H,18,20,22). The lowest BCUT2D eigenvalue weighted by molar-refractivity contribution is -0.129. The highest BCUT2D eigenvalue weighted by molar-refractivity contribution is 7.16. The molecule has 0 aromatic carbocycles. The van der Waals surface area contributed by atoms with Gasteiger partial charge in [0.15, 0.2) is 10.3 Å². The van der Waals surface area contributed by atoms with Crippen LogP contribution in [0.15, 0.2) is 12.4 Å². The molecular formula is C15H19N5O2S2. The summed E-state index contributed by atoms with van der Waals surface area (Å²) in [5.74, 6) is -0.356. The molecule has 1 aliphatic heterocycles. The van der Waals surface area contributed by atoms with Crippen LogP contribution in [-0.4, -0.2) is 34.9 Å². The fourth-order valence-electron chi connectivity index (χ4n) is 2.69. The molecule has 128 valence electrons. The Balaban J connectivity index is 1.68. The van der Waals surface area contributed by atoms with Gasteiger partial charge in [-0.15, -0.1) is 22.7 Å². The lowest BCUT2D eigenvalue weighted by Gasteiger charge is -2.25. The fourth-order valence-corrected chi connectivity index (χ4v) is 4.03. The summed E-state index contributed by atoms with van der Waals surface area (Å²) >= 11 is 2.84. The number of thiazole rings is 2. The molecule has 0 bridgehead atoms. The third kappa shape index (κ3) is 3.80. The molecule has 3 rings (SSSR count). The van der Waals surface area contributed by atoms with Gasteiger partial charge in [-0.05, 0) is 26.8 Å². The Morgan fingerprint density at radius 1 is 1.17 bits per heavy atom. The zero-order chi connectivity index (χ0) is 17.2. The van der Waals surface area contributed by atoms with Crippen LogP contribution in [0.2, 0.25) is 0 Å². The first-order chi connectivity index (χ1) is 11.5. The van der Waals surface area contributed by atoms with Crippen LogP contribution in [0.5, 0.6) is 0 Å². The lowest BCUT2D eigenvalue weighted by atomic mass is 9.82. The molecule has 1 unspecified atom stereocenters. The van der Waals surface area contributed by atoms with Gasteiger partial charge in [-0.1, -0.05) is 0 Å². The molecule has 0 radical (unpaired) electrons. The Labute approximate surface area is 147 Å². The number of rotatable bonds is 5. The van der Waals surface area contributed by atoms with Gasteiger partial charge in [0.25, 0.3) is 0 Å². The molecular weight excluding hydrogens is 346 g/mol. The maximum atomic E-state index is 12.8. The number of anilines is 2. The van der Waals surface area contributed by atoms with E-state index < -0.39 is 5.41 Å². The van der Waals surface area contributed by atoms with Crippen LogP contribution in [0.4, 0.5) is 10.3 Å². The topological polar surface area (TPSA) is 96.0 Å². The molecule has 24 heavy (non-hydrogen) atoms. The van der Waals surface area contributed by atoms with Crippen LogP contribution in [0.1, 0.15) is 22.6 Å². The predicted molar refractivity (Wildman–Crippen MR) is 95.5 cm³/mol. The number of aromatic nitrogens is 2. The van der Waals surface area contributed by atoms with E-state index in [9.17, 15) is 9.59 Å². The van der Waals surface area contributed by atoms with Crippen molar-refractivity contribution < 1.29 is 9.59 Å². The molecule has 2 aromatic heterocycles. The fraction of sp³-hybridized carbons (Fsp3) is 0.467. The maximum Gasteiger partial charge on any atom is 0.234 e. The molecule has 2 amide bonds. The van der Waals surface area contributed by atoms with Gasteiger partial charge in [-0.2, -0.15) is 0 Å². The van der Waals surface area contributed by atoms with E-state index in [4.69, 9.17) is 0 Å². The molecule has 2 aromatic rings. The summed E-state index contributed by atoms with van der Waals surface area (Å²) in [5, 5.41) is 9.96. The highest BCUT2D eigenvalue weighted by Gasteiger charge is 2.43. The van der Waals surface area contributed by atoms with Crippen molar-refractivity contribution in [2.24, 2.45) is 5.41 Å². The summed E-state index contributed by atoms with van der Waals surface area (Å²) in [4.78, 5) is 35.5. The molecule has 9 heteroatoms. The first-order valence-electron chi connectivity index (χ1n) is 7.64. The van der Waals surface area contributed by atoms with Crippen molar-refractivity contribution in [3.05, 3.63) is 22.1 Å². The minimum Gasteiger partial charge on any atom is -0.316 e. The number of hydrogen-bond acceptors (Lipinski definition) is 7. The Bertz CT molecular complexity index is 749. The van der Waals surface area contributed by atoms with Gasteiger partial charge in [-0.3, -0.25) is 9.59 Å². The largest absolute Gasteiger partial charge is 0.316 e. The number of carbonyl (C=O) groups is 2. The van der Waals surface area contributed by atoms with Crippen LogP contribution in [0.25, 0.3) is 0 Å². The van der Waals surface area contributed by atoms with Crippen LogP contribution in [0.3, 0.4) is 0 Å². The average molecular weight is 365 g/mol. The Hall–Kier alpha value is -1.84. The summed E-state index contributed by atoms with van der Waals surface area (Å²) < 4.78 is 0. The van der Waals surface area contributed by atoms with Gasteiger partial charge in [0, 0.05) is 35.1 Å². The van der Waals surface area contributed by atoms with Crippen LogP contribution < -0.4 is 16.0 Å². The van der Waals surface area contributed by atoms with E-state index in [2.05, 4.69) is 25.9 Å². The zero-order valence-electron chi connectivity index (χ0n) is 13.5. The van der Waals surface area contributed by atoms with Crippen molar-refractivity contribution in [2.45, 2.75) is 26.7 Å². The SMILES string of the molecule is Cc1cnc(NC(=O)CC2(C(=O)Nc3ncc(C)s3)CCNC2)s1. The smallest absolute Gasteiger partial charge is 0.234 e. The maximum absolute atomic E-state index is 12.8. The molecule has 0 aliphatic carbocycles. The molecule has 0 saturated carbocycles. The molecule has 1 fully saturated rings. The minimum absolute atomic E-state index is 0.120. The van der Waals surface area contributed by atoms with E-state index in [1.165, 1.54) is 22.7 Å². The second-order valence-corrected chi connectivity index (χ2v) is 8.41. The van der Waals surface area contributed by atoms with Crippen molar-refractivity contribution in [1.29, 1.82) is 0 Å². The van der Waals surface area contributed by atoms with E-state index in [0.717, 1.165) is 9.75 Å². The quantitative estimate of drug-likeness (QED) is 0.755. The Kier molecular flexibility index (Phi) is 4.93.